The zero-order valence-corrected chi connectivity index (χ0v) is 14.7. The maximum absolute atomic E-state index is 6.20. The maximum Gasteiger partial charge on any atom is 0.0686 e. The van der Waals surface area contributed by atoms with Gasteiger partial charge in [-0.3, -0.25) is 0 Å². The molecule has 1 heterocycles. The monoisotopic (exact) mass is 351 g/mol. The number of nitrogens with one attached hydrogen (secondary N) is 1. The first-order valence-corrected chi connectivity index (χ1v) is 9.00. The van der Waals surface area contributed by atoms with Crippen molar-refractivity contribution in [2.24, 2.45) is 5.92 Å². The first-order valence-electron chi connectivity index (χ1n) is 8.21. The third-order valence-corrected chi connectivity index (χ3v) is 6.01. The second-order valence-electron chi connectivity index (χ2n) is 6.78. The fourth-order valence-corrected chi connectivity index (χ4v) is 4.99. The number of ether oxygens (including phenoxy) is 1. The number of aryl methyl sites for hydroxylation is 1. The fraction of sp³-hybridized carbons (Fsp3) is 0.667. The minimum atomic E-state index is 0.190. The van der Waals surface area contributed by atoms with E-state index in [1.165, 1.54) is 47.7 Å². The summed E-state index contributed by atoms with van der Waals surface area (Å²) in [4.78, 5) is 0. The lowest BCUT2D eigenvalue weighted by Gasteiger charge is -2.41. The van der Waals surface area contributed by atoms with Crippen LogP contribution in [0, 0.1) is 12.8 Å². The van der Waals surface area contributed by atoms with Gasteiger partial charge in [0.1, 0.15) is 0 Å². The molecule has 0 radical (unpaired) electrons. The summed E-state index contributed by atoms with van der Waals surface area (Å²) in [5, 5.41) is 3.57. The van der Waals surface area contributed by atoms with Crippen molar-refractivity contribution in [2.75, 3.05) is 13.7 Å². The molecule has 2 atom stereocenters. The molecule has 1 N–H and O–H groups in total. The van der Waals surface area contributed by atoms with Crippen molar-refractivity contribution in [1.82, 2.24) is 5.32 Å². The van der Waals surface area contributed by atoms with Crippen molar-refractivity contribution < 1.29 is 4.74 Å². The van der Waals surface area contributed by atoms with E-state index in [1.54, 1.807) is 0 Å². The molecule has 2 unspecified atom stereocenters. The highest BCUT2D eigenvalue weighted by Gasteiger charge is 2.42. The number of halogens is 1. The molecule has 1 saturated heterocycles. The number of benzene rings is 1. The molecule has 0 bridgehead atoms. The van der Waals surface area contributed by atoms with Gasteiger partial charge >= 0.3 is 0 Å². The van der Waals surface area contributed by atoms with Crippen LogP contribution in [0.4, 0.5) is 0 Å². The summed E-state index contributed by atoms with van der Waals surface area (Å²) >= 11 is 3.76. The van der Waals surface area contributed by atoms with Crippen molar-refractivity contribution in [3.05, 3.63) is 33.8 Å². The van der Waals surface area contributed by atoms with Crippen molar-refractivity contribution in [3.63, 3.8) is 0 Å². The first kappa shape index (κ1) is 15.5. The normalized spacial score (nSPS) is 26.1. The Bertz CT molecular complexity index is 496. The van der Waals surface area contributed by atoms with E-state index in [4.69, 9.17) is 4.74 Å². The summed E-state index contributed by atoms with van der Waals surface area (Å²) < 4.78 is 7.43. The number of rotatable bonds is 3. The molecule has 1 aliphatic carbocycles. The van der Waals surface area contributed by atoms with Crippen molar-refractivity contribution >= 4 is 15.9 Å². The molecular weight excluding hydrogens is 326 g/mol. The van der Waals surface area contributed by atoms with Crippen LogP contribution in [0.2, 0.25) is 0 Å². The van der Waals surface area contributed by atoms with Crippen molar-refractivity contribution in [3.8, 4) is 0 Å². The van der Waals surface area contributed by atoms with Crippen LogP contribution in [-0.4, -0.2) is 19.3 Å². The molecule has 3 rings (SSSR count). The van der Waals surface area contributed by atoms with Crippen LogP contribution in [0.25, 0.3) is 0 Å². The van der Waals surface area contributed by atoms with Gasteiger partial charge in [-0.25, -0.2) is 0 Å². The SMILES string of the molecule is CNC(c1ccc(C)cc1Br)C1CCOC2(CCCC2)C1. The minimum Gasteiger partial charge on any atom is -0.375 e. The lowest BCUT2D eigenvalue weighted by molar-refractivity contribution is -0.0979. The Balaban J connectivity index is 1.82. The zero-order valence-electron chi connectivity index (χ0n) is 13.1. The predicted molar refractivity (Wildman–Crippen MR) is 90.6 cm³/mol. The summed E-state index contributed by atoms with van der Waals surface area (Å²) in [5.41, 5.74) is 2.89. The van der Waals surface area contributed by atoms with E-state index in [2.05, 4.69) is 53.4 Å². The van der Waals surface area contributed by atoms with Gasteiger partial charge in [0, 0.05) is 17.1 Å². The highest BCUT2D eigenvalue weighted by molar-refractivity contribution is 9.10. The quantitative estimate of drug-likeness (QED) is 0.847. The van der Waals surface area contributed by atoms with Gasteiger partial charge in [0.05, 0.1) is 5.60 Å². The zero-order chi connectivity index (χ0) is 14.9. The lowest BCUT2D eigenvalue weighted by Crippen LogP contribution is -2.41. The second-order valence-corrected chi connectivity index (χ2v) is 7.64. The molecule has 2 fully saturated rings. The standard InChI is InChI=1S/C18H26BrNO/c1-13-5-6-15(16(19)11-13)17(20-2)14-7-10-21-18(12-14)8-3-4-9-18/h5-6,11,14,17,20H,3-4,7-10,12H2,1-2H3. The molecular formula is C18H26BrNO. The minimum absolute atomic E-state index is 0.190. The Morgan fingerprint density at radius 2 is 2.10 bits per heavy atom. The summed E-state index contributed by atoms with van der Waals surface area (Å²) in [7, 11) is 2.09. The van der Waals surface area contributed by atoms with E-state index in [0.29, 0.717) is 12.0 Å². The molecule has 2 aliphatic rings. The molecule has 1 saturated carbocycles. The molecule has 3 heteroatoms. The van der Waals surface area contributed by atoms with E-state index in [9.17, 15) is 0 Å². The molecule has 1 spiro atoms. The van der Waals surface area contributed by atoms with Gasteiger partial charge in [-0.2, -0.15) is 0 Å². The third kappa shape index (κ3) is 3.20. The summed E-state index contributed by atoms with van der Waals surface area (Å²) in [6.07, 6.45) is 7.56. The maximum atomic E-state index is 6.20. The van der Waals surface area contributed by atoms with Gasteiger partial charge in [0.15, 0.2) is 0 Å². The molecule has 21 heavy (non-hydrogen) atoms. The van der Waals surface area contributed by atoms with Gasteiger partial charge in [-0.1, -0.05) is 40.9 Å². The Morgan fingerprint density at radius 3 is 2.76 bits per heavy atom. The lowest BCUT2D eigenvalue weighted by atomic mass is 9.78. The van der Waals surface area contributed by atoms with E-state index < -0.39 is 0 Å². The molecule has 2 nitrogen and oxygen atoms in total. The van der Waals surface area contributed by atoms with Crippen molar-refractivity contribution in [2.45, 2.75) is 57.1 Å². The average Bonchev–Trinajstić information content (AvgIpc) is 2.90. The van der Waals surface area contributed by atoms with Crippen LogP contribution in [-0.2, 0) is 4.74 Å². The summed E-state index contributed by atoms with van der Waals surface area (Å²) in [6.45, 7) is 3.07. The summed E-state index contributed by atoms with van der Waals surface area (Å²) in [5.74, 6) is 0.667. The van der Waals surface area contributed by atoms with Gasteiger partial charge in [0.2, 0.25) is 0 Å². The molecule has 116 valence electrons. The Labute approximate surface area is 136 Å². The highest BCUT2D eigenvalue weighted by Crippen LogP contribution is 2.46. The predicted octanol–water partition coefficient (Wildman–Crippen LogP) is 4.76. The van der Waals surface area contributed by atoms with Crippen LogP contribution >= 0.6 is 15.9 Å². The molecule has 0 amide bonds. The topological polar surface area (TPSA) is 21.3 Å². The van der Waals surface area contributed by atoms with Gasteiger partial charge in [-0.15, -0.1) is 0 Å². The van der Waals surface area contributed by atoms with Gasteiger partial charge < -0.3 is 10.1 Å². The molecule has 0 aromatic heterocycles. The average molecular weight is 352 g/mol. The Kier molecular flexibility index (Phi) is 4.72. The van der Waals surface area contributed by atoms with Gasteiger partial charge in [0.25, 0.3) is 0 Å². The van der Waals surface area contributed by atoms with Crippen LogP contribution < -0.4 is 5.32 Å². The first-order chi connectivity index (χ1) is 10.1. The smallest absolute Gasteiger partial charge is 0.0686 e. The highest BCUT2D eigenvalue weighted by atomic mass is 79.9. The fourth-order valence-electron chi connectivity index (χ4n) is 4.25. The van der Waals surface area contributed by atoms with Gasteiger partial charge in [-0.05, 0) is 62.8 Å². The van der Waals surface area contributed by atoms with E-state index in [1.807, 2.05) is 0 Å². The van der Waals surface area contributed by atoms with Crippen LogP contribution in [0.5, 0.6) is 0 Å². The van der Waals surface area contributed by atoms with E-state index >= 15 is 0 Å². The number of hydrogen-bond donors (Lipinski definition) is 1. The molecule has 1 aliphatic heterocycles. The number of hydrogen-bond acceptors (Lipinski definition) is 2. The van der Waals surface area contributed by atoms with Crippen molar-refractivity contribution in [1.29, 1.82) is 0 Å². The Morgan fingerprint density at radius 1 is 1.33 bits per heavy atom. The van der Waals surface area contributed by atoms with Crippen LogP contribution in [0.3, 0.4) is 0 Å². The second kappa shape index (κ2) is 6.39. The molecule has 1 aromatic rings. The Hall–Kier alpha value is -0.380. The van der Waals surface area contributed by atoms with Crippen LogP contribution in [0.15, 0.2) is 22.7 Å². The molecule has 1 aromatic carbocycles. The third-order valence-electron chi connectivity index (χ3n) is 5.32. The largest absolute Gasteiger partial charge is 0.375 e. The van der Waals surface area contributed by atoms with E-state index in [0.717, 1.165) is 13.0 Å². The van der Waals surface area contributed by atoms with Crippen LogP contribution in [0.1, 0.15) is 55.7 Å². The summed E-state index contributed by atoms with van der Waals surface area (Å²) in [6, 6.07) is 7.14. The van der Waals surface area contributed by atoms with E-state index in [-0.39, 0.29) is 5.60 Å².